The van der Waals surface area contributed by atoms with E-state index in [0.29, 0.717) is 23.4 Å². The topological polar surface area (TPSA) is 152 Å². The first kappa shape index (κ1) is 41.1. The fourth-order valence-electron chi connectivity index (χ4n) is 8.19. The fraction of sp³-hybridized carbons (Fsp3) is 0.415. The number of benzene rings is 2. The third-order valence-corrected chi connectivity index (χ3v) is 14.3. The van der Waals surface area contributed by atoms with Crippen LogP contribution in [0.3, 0.4) is 0 Å². The average Bonchev–Trinajstić information content (AvgIpc) is 3.66. The molecule has 1 aliphatic carbocycles. The Balaban J connectivity index is 1.34. The Kier molecular flexibility index (Phi) is 11.8. The van der Waals surface area contributed by atoms with Gasteiger partial charge in [-0.1, -0.05) is 73.6 Å². The summed E-state index contributed by atoms with van der Waals surface area (Å²) in [6.45, 7) is 9.59. The van der Waals surface area contributed by atoms with Crippen LogP contribution in [-0.4, -0.2) is 66.1 Å². The molecule has 0 fully saturated rings. The molecule has 3 aromatic rings. The Bertz CT molecular complexity index is 2420. The second-order valence-corrected chi connectivity index (χ2v) is 19.9. The minimum absolute atomic E-state index is 0.167. The van der Waals surface area contributed by atoms with Crippen LogP contribution < -0.4 is 4.90 Å². The third kappa shape index (κ3) is 8.57. The van der Waals surface area contributed by atoms with E-state index in [1.807, 2.05) is 36.6 Å². The van der Waals surface area contributed by atoms with E-state index >= 15 is 0 Å². The number of allylic oxidation sites excluding steroid dienone is 8. The molecule has 0 unspecified atom stereocenters. The molecule has 0 amide bonds. The maximum absolute atomic E-state index is 12.1. The lowest BCUT2D eigenvalue weighted by atomic mass is 9.80. The predicted molar refractivity (Wildman–Crippen MR) is 220 cm³/mol. The summed E-state index contributed by atoms with van der Waals surface area (Å²) in [5, 5.41) is 11.3. The molecule has 3 aliphatic rings. The number of carboxylic acids is 1. The quantitative estimate of drug-likeness (QED) is 0.0820. The lowest BCUT2D eigenvalue weighted by Crippen LogP contribution is -2.28. The summed E-state index contributed by atoms with van der Waals surface area (Å²) in [5.74, 6) is -1.18. The van der Waals surface area contributed by atoms with Gasteiger partial charge >= 0.3 is 5.97 Å². The highest BCUT2D eigenvalue weighted by molar-refractivity contribution is 7.86. The van der Waals surface area contributed by atoms with Crippen LogP contribution in [0.5, 0.6) is 0 Å². The zero-order valence-corrected chi connectivity index (χ0v) is 34.7. The number of thiophene rings is 1. The number of carboxylic acid groups (broad SMARTS) is 1. The monoisotopic (exact) mass is 827 g/mol. The molecule has 0 saturated heterocycles. The number of hydrogen-bond acceptors (Lipinski definition) is 7. The largest absolute Gasteiger partial charge is 0.481 e. The van der Waals surface area contributed by atoms with Crippen LogP contribution in [0.25, 0.3) is 10.1 Å². The maximum atomic E-state index is 12.1. The second kappa shape index (κ2) is 15.7. The molecular weight excluding hydrogens is 780 g/mol. The van der Waals surface area contributed by atoms with E-state index in [1.54, 1.807) is 6.07 Å². The average molecular weight is 828 g/mol. The summed E-state index contributed by atoms with van der Waals surface area (Å²) in [6.07, 6.45) is 13.5. The maximum Gasteiger partial charge on any atom is 0.303 e. The Morgan fingerprint density at radius 1 is 0.945 bits per heavy atom. The van der Waals surface area contributed by atoms with Gasteiger partial charge in [0.2, 0.25) is 0 Å². The molecule has 0 spiro atoms. The molecule has 3 heterocycles. The standard InChI is InChI=1S/C41H47ClN2O8S3/c1-40(2)31-14-7-8-15-32(31)43(23-9-5-6-16-36(45)46)34(40)21-17-27-12-10-13-28(38(27)42)18-22-35-41(3,4)37-30-26-29(55(50,51)52)19-20-33(30)53-39(37)44(35)24-11-25-54(47,48)49/h7-8,14-15,17-22,26H,5-6,9-13,16,23-25H2,1-4H3,(H2-,45,46,47,48,49,50,51,52)/p+1. The van der Waals surface area contributed by atoms with Gasteiger partial charge < -0.3 is 10.0 Å². The van der Waals surface area contributed by atoms with E-state index in [9.17, 15) is 30.7 Å². The van der Waals surface area contributed by atoms with Crippen molar-refractivity contribution in [2.45, 2.75) is 94.8 Å². The van der Waals surface area contributed by atoms with E-state index in [4.69, 9.17) is 16.7 Å². The summed E-state index contributed by atoms with van der Waals surface area (Å²) in [5.41, 5.74) is 6.43. The highest BCUT2D eigenvalue weighted by atomic mass is 35.5. The van der Waals surface area contributed by atoms with Gasteiger partial charge in [-0.25, -0.2) is 0 Å². The molecule has 10 nitrogen and oxygen atoms in total. The second-order valence-electron chi connectivity index (χ2n) is 15.5. The minimum atomic E-state index is -4.44. The lowest BCUT2D eigenvalue weighted by Gasteiger charge is -2.27. The van der Waals surface area contributed by atoms with Crippen LogP contribution >= 0.6 is 22.9 Å². The number of unbranched alkanes of at least 4 members (excludes halogenated alkanes) is 2. The van der Waals surface area contributed by atoms with Crippen LogP contribution in [0.2, 0.25) is 0 Å². The highest BCUT2D eigenvalue weighted by Crippen LogP contribution is 2.51. The summed E-state index contributed by atoms with van der Waals surface area (Å²) in [6, 6.07) is 12.9. The van der Waals surface area contributed by atoms with Gasteiger partial charge in [-0.3, -0.25) is 13.9 Å². The molecule has 294 valence electrons. The van der Waals surface area contributed by atoms with Crippen molar-refractivity contribution in [3.63, 3.8) is 0 Å². The molecule has 6 rings (SSSR count). The number of rotatable bonds is 14. The van der Waals surface area contributed by atoms with Crippen LogP contribution in [0.4, 0.5) is 10.7 Å². The molecule has 2 aromatic carbocycles. The highest BCUT2D eigenvalue weighted by Gasteiger charge is 2.47. The number of hydrogen-bond donors (Lipinski definition) is 3. The number of fused-ring (bicyclic) bond motifs is 4. The van der Waals surface area contributed by atoms with Crippen molar-refractivity contribution in [2.24, 2.45) is 0 Å². The van der Waals surface area contributed by atoms with Crippen molar-refractivity contribution < 1.29 is 40.4 Å². The van der Waals surface area contributed by atoms with Gasteiger partial charge in [-0.15, -0.1) is 0 Å². The first-order chi connectivity index (χ1) is 25.8. The predicted octanol–water partition coefficient (Wildman–Crippen LogP) is 9.29. The van der Waals surface area contributed by atoms with Crippen molar-refractivity contribution in [2.75, 3.05) is 23.7 Å². The van der Waals surface area contributed by atoms with E-state index in [1.165, 1.54) is 29.0 Å². The van der Waals surface area contributed by atoms with Crippen molar-refractivity contribution in [3.05, 3.63) is 99.8 Å². The van der Waals surface area contributed by atoms with Gasteiger partial charge in [-0.05, 0) is 93.0 Å². The zero-order chi connectivity index (χ0) is 39.9. The fourth-order valence-corrected chi connectivity index (χ4v) is 10.9. The SMILES string of the molecule is CC1(C)C(/C=C/C2=C(Cl)C(=C/C=C3/N(CCCCCC(=O)O)c4ccccc4C3(C)C)/CCC2)=[N+](CCCS(=O)(=O)O)c2sc3ccc(S(=O)(=O)O)cc3c21. The van der Waals surface area contributed by atoms with E-state index < -0.39 is 37.4 Å². The van der Waals surface area contributed by atoms with Crippen LogP contribution in [0.1, 0.15) is 90.2 Å². The minimum Gasteiger partial charge on any atom is -0.481 e. The summed E-state index contributed by atoms with van der Waals surface area (Å²) < 4.78 is 69.6. The Morgan fingerprint density at radius 3 is 2.40 bits per heavy atom. The van der Waals surface area contributed by atoms with Crippen LogP contribution in [-0.2, 0) is 35.9 Å². The number of anilines is 1. The van der Waals surface area contributed by atoms with Crippen molar-refractivity contribution in [1.82, 2.24) is 0 Å². The number of carbonyl (C=O) groups is 1. The van der Waals surface area contributed by atoms with Gasteiger partial charge in [-0.2, -0.15) is 21.4 Å². The van der Waals surface area contributed by atoms with Crippen molar-refractivity contribution in [1.29, 1.82) is 0 Å². The first-order valence-corrected chi connectivity index (χ1v) is 22.8. The van der Waals surface area contributed by atoms with Gasteiger partial charge in [0.15, 0.2) is 12.3 Å². The van der Waals surface area contributed by atoms with Crippen LogP contribution in [0, 0.1) is 0 Å². The summed E-state index contributed by atoms with van der Waals surface area (Å²) in [7, 11) is -8.62. The first-order valence-electron chi connectivity index (χ1n) is 18.5. The number of para-hydroxylation sites is 1. The molecule has 3 N–H and O–H groups in total. The molecule has 0 atom stereocenters. The molecule has 14 heteroatoms. The zero-order valence-electron chi connectivity index (χ0n) is 31.5. The normalized spacial score (nSPS) is 19.7. The molecular formula is C41H48ClN2O8S3+. The van der Waals surface area contributed by atoms with Gasteiger partial charge in [0.25, 0.3) is 25.2 Å². The molecule has 2 aliphatic heterocycles. The lowest BCUT2D eigenvalue weighted by molar-refractivity contribution is -0.433. The molecule has 55 heavy (non-hydrogen) atoms. The molecule has 1 aromatic heterocycles. The van der Waals surface area contributed by atoms with E-state index in [0.717, 1.165) is 82.2 Å². The Labute approximate surface area is 332 Å². The number of nitrogens with zero attached hydrogens (tertiary/aromatic N) is 2. The molecule has 0 radical (unpaired) electrons. The molecule has 0 saturated carbocycles. The number of halogens is 1. The van der Waals surface area contributed by atoms with Crippen molar-refractivity contribution in [3.8, 4) is 0 Å². The van der Waals surface area contributed by atoms with Gasteiger partial charge in [0.1, 0.15) is 0 Å². The van der Waals surface area contributed by atoms with Gasteiger partial charge in [0.05, 0.1) is 21.6 Å². The summed E-state index contributed by atoms with van der Waals surface area (Å²) in [4.78, 5) is 13.2. The van der Waals surface area contributed by atoms with Crippen LogP contribution in [0.15, 0.2) is 93.5 Å². The Morgan fingerprint density at radius 2 is 1.69 bits per heavy atom. The Hall–Kier alpha value is -3.59. The molecule has 0 bridgehead atoms. The third-order valence-electron chi connectivity index (χ3n) is 10.9. The van der Waals surface area contributed by atoms with Gasteiger partial charge in [0, 0.05) is 57.4 Å². The van der Waals surface area contributed by atoms with Crippen molar-refractivity contribution >= 4 is 75.6 Å². The smallest absolute Gasteiger partial charge is 0.303 e. The van der Waals surface area contributed by atoms with E-state index in [-0.39, 0.29) is 23.2 Å². The number of aliphatic carboxylic acids is 1. The van der Waals surface area contributed by atoms with E-state index in [2.05, 4.69) is 49.1 Å². The summed E-state index contributed by atoms with van der Waals surface area (Å²) >= 11 is 8.65.